The van der Waals surface area contributed by atoms with Gasteiger partial charge in [0.15, 0.2) is 0 Å². The topological polar surface area (TPSA) is 80.5 Å². The summed E-state index contributed by atoms with van der Waals surface area (Å²) >= 11 is 0. The Morgan fingerprint density at radius 3 is 2.61 bits per heavy atom. The summed E-state index contributed by atoms with van der Waals surface area (Å²) in [5.74, 6) is 0.931. The number of aryl methyl sites for hydroxylation is 2. The van der Waals surface area contributed by atoms with Gasteiger partial charge in [0.05, 0.1) is 11.6 Å². The van der Waals surface area contributed by atoms with Gasteiger partial charge in [0, 0.05) is 31.0 Å². The molecule has 0 aliphatic carbocycles. The number of aromatic nitrogens is 2. The number of benzene rings is 2. The molecule has 4 rings (SSSR count). The number of hydrogen-bond acceptors (Lipinski definition) is 5. The lowest BCUT2D eigenvalue weighted by atomic mass is 9.94. The Labute approximate surface area is 194 Å². The molecule has 1 N–H and O–H groups in total. The fraction of sp³-hybridized carbons (Fsp3) is 0.346. The first-order chi connectivity index (χ1) is 16.0. The van der Waals surface area contributed by atoms with Crippen LogP contribution in [0.5, 0.6) is 0 Å². The van der Waals surface area contributed by atoms with E-state index in [0.29, 0.717) is 31.5 Å². The number of ether oxygens (including phenoxy) is 1. The van der Waals surface area contributed by atoms with Gasteiger partial charge in [0.25, 0.3) is 5.89 Å². The minimum atomic E-state index is -0.382. The maximum absolute atomic E-state index is 13.0. The molecule has 172 valence electrons. The Kier molecular flexibility index (Phi) is 6.89. The summed E-state index contributed by atoms with van der Waals surface area (Å²) in [5.41, 5.74) is 5.75. The molecule has 2 heterocycles. The van der Waals surface area contributed by atoms with Crippen LogP contribution < -0.4 is 5.32 Å². The lowest BCUT2D eigenvalue weighted by Crippen LogP contribution is -2.46. The smallest absolute Gasteiger partial charge is 0.322 e. The number of hydrogen-bond donors (Lipinski definition) is 1. The Morgan fingerprint density at radius 1 is 1.09 bits per heavy atom. The molecule has 0 spiro atoms. The van der Waals surface area contributed by atoms with Crippen molar-refractivity contribution in [2.45, 2.75) is 40.2 Å². The quantitative estimate of drug-likeness (QED) is 0.476. The number of urea groups is 1. The third-order valence-electron chi connectivity index (χ3n) is 5.81. The first kappa shape index (κ1) is 22.7. The van der Waals surface area contributed by atoms with Crippen LogP contribution >= 0.6 is 0 Å². The van der Waals surface area contributed by atoms with E-state index >= 15 is 0 Å². The number of carbonyl (C=O) groups excluding carboxylic acids is 1. The predicted octanol–water partition coefficient (Wildman–Crippen LogP) is 5.28. The van der Waals surface area contributed by atoms with Crippen molar-refractivity contribution in [1.29, 1.82) is 0 Å². The van der Waals surface area contributed by atoms with E-state index in [2.05, 4.69) is 10.5 Å². The lowest BCUT2D eigenvalue weighted by Gasteiger charge is -2.35. The van der Waals surface area contributed by atoms with Crippen LogP contribution in [-0.2, 0) is 4.74 Å². The molecule has 1 aliphatic rings. The van der Waals surface area contributed by atoms with Crippen molar-refractivity contribution in [2.24, 2.45) is 0 Å². The first-order valence-corrected chi connectivity index (χ1v) is 11.3. The third-order valence-corrected chi connectivity index (χ3v) is 5.81. The van der Waals surface area contributed by atoms with Crippen molar-refractivity contribution < 1.29 is 14.1 Å². The van der Waals surface area contributed by atoms with Crippen molar-refractivity contribution >= 4 is 11.6 Å². The molecule has 2 amide bonds. The van der Waals surface area contributed by atoms with Gasteiger partial charge >= 0.3 is 6.03 Å². The van der Waals surface area contributed by atoms with Gasteiger partial charge < -0.3 is 14.6 Å². The van der Waals surface area contributed by atoms with Crippen LogP contribution in [0.15, 0.2) is 58.8 Å². The molecule has 33 heavy (non-hydrogen) atoms. The summed E-state index contributed by atoms with van der Waals surface area (Å²) in [6, 6.07) is 15.6. The maximum Gasteiger partial charge on any atom is 0.322 e. The van der Waals surface area contributed by atoms with E-state index in [1.165, 1.54) is 0 Å². The van der Waals surface area contributed by atoms with Gasteiger partial charge in [-0.25, -0.2) is 4.79 Å². The fourth-order valence-electron chi connectivity index (χ4n) is 4.04. The molecule has 1 aliphatic heterocycles. The van der Waals surface area contributed by atoms with Crippen LogP contribution in [0.4, 0.5) is 4.79 Å². The average Bonchev–Trinajstić information content (AvgIpc) is 3.28. The van der Waals surface area contributed by atoms with Crippen LogP contribution in [0.1, 0.15) is 48.9 Å². The van der Waals surface area contributed by atoms with Gasteiger partial charge in [-0.15, -0.1) is 0 Å². The number of carbonyl (C=O) groups is 1. The molecule has 0 fully saturated rings. The normalized spacial score (nSPS) is 16.3. The fourth-order valence-corrected chi connectivity index (χ4v) is 4.04. The molecular weight excluding hydrogens is 416 g/mol. The molecule has 1 aromatic heterocycles. The second kappa shape index (κ2) is 10.0. The summed E-state index contributed by atoms with van der Waals surface area (Å²) in [6.07, 6.45) is 0.736. The number of nitrogens with one attached hydrogen (secondary N) is 1. The predicted molar refractivity (Wildman–Crippen MR) is 127 cm³/mol. The minimum Gasteiger partial charge on any atom is -0.382 e. The van der Waals surface area contributed by atoms with Crippen LogP contribution in [0.25, 0.3) is 17.0 Å². The van der Waals surface area contributed by atoms with Crippen molar-refractivity contribution in [2.75, 3.05) is 19.8 Å². The molecular formula is C26H30N4O3. The Bertz CT molecular complexity index is 1150. The first-order valence-electron chi connectivity index (χ1n) is 11.3. The molecule has 0 radical (unpaired) electrons. The van der Waals surface area contributed by atoms with E-state index in [4.69, 9.17) is 14.2 Å². The van der Waals surface area contributed by atoms with Gasteiger partial charge in [0.1, 0.15) is 0 Å². The highest BCUT2D eigenvalue weighted by Crippen LogP contribution is 2.37. The largest absolute Gasteiger partial charge is 0.382 e. The standard InChI is InChI=1S/C26H30N4O3/c1-5-32-15-7-14-30-19(4)22(23(27-26(30)31)20-12-10-17(2)11-13-20)25-28-24(29-33-25)21-9-6-8-18(3)16-21/h6,8-13,16,23H,5,7,14-15H2,1-4H3,(H,27,31). The van der Waals surface area contributed by atoms with Gasteiger partial charge in [0.2, 0.25) is 5.82 Å². The minimum absolute atomic E-state index is 0.142. The highest BCUT2D eigenvalue weighted by Gasteiger charge is 2.35. The highest BCUT2D eigenvalue weighted by molar-refractivity contribution is 5.86. The van der Waals surface area contributed by atoms with Crippen molar-refractivity contribution in [3.63, 3.8) is 0 Å². The second-order valence-corrected chi connectivity index (χ2v) is 8.29. The summed E-state index contributed by atoms with van der Waals surface area (Å²) < 4.78 is 11.2. The van der Waals surface area contributed by atoms with E-state index in [9.17, 15) is 4.79 Å². The molecule has 0 bridgehead atoms. The molecule has 2 aromatic carbocycles. The van der Waals surface area contributed by atoms with Crippen molar-refractivity contribution in [3.05, 3.63) is 76.8 Å². The zero-order chi connectivity index (χ0) is 23.4. The molecule has 1 unspecified atom stereocenters. The summed E-state index contributed by atoms with van der Waals surface area (Å²) in [7, 11) is 0. The molecule has 0 saturated carbocycles. The Morgan fingerprint density at radius 2 is 1.88 bits per heavy atom. The zero-order valence-electron chi connectivity index (χ0n) is 19.6. The van der Waals surface area contributed by atoms with Crippen LogP contribution in [0.2, 0.25) is 0 Å². The third kappa shape index (κ3) is 4.98. The van der Waals surface area contributed by atoms with Crippen LogP contribution in [0, 0.1) is 13.8 Å². The van der Waals surface area contributed by atoms with Gasteiger partial charge in [-0.2, -0.15) is 4.98 Å². The van der Waals surface area contributed by atoms with Gasteiger partial charge in [-0.05, 0) is 45.7 Å². The van der Waals surface area contributed by atoms with Crippen LogP contribution in [0.3, 0.4) is 0 Å². The Balaban J connectivity index is 1.74. The van der Waals surface area contributed by atoms with E-state index in [-0.39, 0.29) is 12.1 Å². The molecule has 1 atom stereocenters. The Hall–Kier alpha value is -3.45. The number of allylic oxidation sites excluding steroid dienone is 1. The van der Waals surface area contributed by atoms with E-state index in [0.717, 1.165) is 39.9 Å². The van der Waals surface area contributed by atoms with Gasteiger partial charge in [-0.3, -0.25) is 4.90 Å². The number of rotatable bonds is 8. The summed E-state index contributed by atoms with van der Waals surface area (Å²) in [5, 5.41) is 7.38. The maximum atomic E-state index is 13.0. The monoisotopic (exact) mass is 446 g/mol. The van der Waals surface area contributed by atoms with Crippen molar-refractivity contribution in [1.82, 2.24) is 20.4 Å². The van der Waals surface area contributed by atoms with E-state index in [1.54, 1.807) is 4.90 Å². The summed E-state index contributed by atoms with van der Waals surface area (Å²) in [6.45, 7) is 9.77. The number of amides is 2. The SMILES string of the molecule is CCOCCCN1C(=O)NC(c2ccc(C)cc2)C(c2nc(-c3cccc(C)c3)no2)=C1C. The highest BCUT2D eigenvalue weighted by atomic mass is 16.5. The summed E-state index contributed by atoms with van der Waals surface area (Å²) in [4.78, 5) is 19.5. The van der Waals surface area contributed by atoms with Gasteiger partial charge in [-0.1, -0.05) is 58.7 Å². The molecule has 0 saturated heterocycles. The lowest BCUT2D eigenvalue weighted by molar-refractivity contribution is 0.136. The van der Waals surface area contributed by atoms with E-state index in [1.807, 2.05) is 76.2 Å². The van der Waals surface area contributed by atoms with E-state index < -0.39 is 0 Å². The second-order valence-electron chi connectivity index (χ2n) is 8.29. The molecule has 7 heteroatoms. The number of nitrogens with zero attached hydrogens (tertiary/aromatic N) is 3. The van der Waals surface area contributed by atoms with Crippen LogP contribution in [-0.4, -0.2) is 40.8 Å². The molecule has 3 aromatic rings. The molecule has 7 nitrogen and oxygen atoms in total. The van der Waals surface area contributed by atoms with Crippen molar-refractivity contribution in [3.8, 4) is 11.4 Å². The zero-order valence-corrected chi connectivity index (χ0v) is 19.6. The average molecular weight is 447 g/mol.